The molecule has 2 aromatic rings. The average Bonchev–Trinajstić information content (AvgIpc) is 2.63. The number of rotatable bonds is 6. The molecule has 6 heteroatoms. The molecule has 0 unspecified atom stereocenters. The van der Waals surface area contributed by atoms with Crippen molar-refractivity contribution in [3.8, 4) is 0 Å². The lowest BCUT2D eigenvalue weighted by Crippen LogP contribution is -2.35. The van der Waals surface area contributed by atoms with E-state index in [1.165, 1.54) is 0 Å². The van der Waals surface area contributed by atoms with Crippen molar-refractivity contribution in [2.45, 2.75) is 20.3 Å². The number of nitrogens with zero attached hydrogens (tertiary/aromatic N) is 1. The van der Waals surface area contributed by atoms with Crippen molar-refractivity contribution in [1.82, 2.24) is 10.2 Å². The highest BCUT2D eigenvalue weighted by atomic mass is 32.1. The van der Waals surface area contributed by atoms with Gasteiger partial charge >= 0.3 is 0 Å². The number of anilines is 1. The minimum absolute atomic E-state index is 0.000269. The Morgan fingerprint density at radius 1 is 0.962 bits per heavy atom. The summed E-state index contributed by atoms with van der Waals surface area (Å²) in [5.74, 6) is -0.178. The molecule has 2 aromatic carbocycles. The highest BCUT2D eigenvalue weighted by molar-refractivity contribution is 7.80. The van der Waals surface area contributed by atoms with Crippen LogP contribution in [0, 0.1) is 0 Å². The van der Waals surface area contributed by atoms with Gasteiger partial charge in [0.25, 0.3) is 5.91 Å². The van der Waals surface area contributed by atoms with Gasteiger partial charge in [0.2, 0.25) is 5.91 Å². The Labute approximate surface area is 159 Å². The van der Waals surface area contributed by atoms with E-state index in [-0.39, 0.29) is 23.3 Å². The van der Waals surface area contributed by atoms with Crippen LogP contribution < -0.4 is 10.6 Å². The van der Waals surface area contributed by atoms with Crippen molar-refractivity contribution in [2.24, 2.45) is 0 Å². The average molecular weight is 369 g/mol. The first-order chi connectivity index (χ1) is 12.5. The quantitative estimate of drug-likeness (QED) is 0.768. The van der Waals surface area contributed by atoms with Crippen molar-refractivity contribution in [3.63, 3.8) is 0 Å². The number of carbonyl (C=O) groups excluding carboxylic acids is 2. The normalized spacial score (nSPS) is 10.1. The molecule has 0 aliphatic carbocycles. The summed E-state index contributed by atoms with van der Waals surface area (Å²) in [7, 11) is 0. The van der Waals surface area contributed by atoms with Gasteiger partial charge in [0, 0.05) is 24.3 Å². The van der Waals surface area contributed by atoms with E-state index in [9.17, 15) is 9.59 Å². The third-order valence-electron chi connectivity index (χ3n) is 3.90. The first-order valence-corrected chi connectivity index (χ1v) is 8.98. The fourth-order valence-corrected chi connectivity index (χ4v) is 2.74. The van der Waals surface area contributed by atoms with Gasteiger partial charge in [-0.25, -0.2) is 0 Å². The molecule has 0 bridgehead atoms. The van der Waals surface area contributed by atoms with Crippen molar-refractivity contribution in [1.29, 1.82) is 0 Å². The van der Waals surface area contributed by atoms with Crippen molar-refractivity contribution < 1.29 is 9.59 Å². The Morgan fingerprint density at radius 3 is 2.15 bits per heavy atom. The van der Waals surface area contributed by atoms with E-state index in [2.05, 4.69) is 10.6 Å². The van der Waals surface area contributed by atoms with Gasteiger partial charge in [-0.05, 0) is 55.9 Å². The molecule has 0 saturated carbocycles. The van der Waals surface area contributed by atoms with Crippen LogP contribution in [0.25, 0.3) is 0 Å². The van der Waals surface area contributed by atoms with Crippen LogP contribution in [0.2, 0.25) is 0 Å². The van der Waals surface area contributed by atoms with Crippen LogP contribution in [0.4, 0.5) is 5.69 Å². The van der Waals surface area contributed by atoms with Gasteiger partial charge in [-0.1, -0.05) is 30.3 Å². The van der Waals surface area contributed by atoms with Crippen LogP contribution in [0.1, 0.15) is 29.8 Å². The highest BCUT2D eigenvalue weighted by Crippen LogP contribution is 2.12. The highest BCUT2D eigenvalue weighted by Gasteiger charge is 2.12. The SMILES string of the molecule is CCN(CC)C(=O)c1ccc(NC(=S)NC(=O)Cc2ccccc2)cc1. The third-order valence-corrected chi connectivity index (χ3v) is 4.10. The molecule has 5 nitrogen and oxygen atoms in total. The van der Waals surface area contributed by atoms with E-state index in [0.29, 0.717) is 24.3 Å². The Morgan fingerprint density at radius 2 is 1.58 bits per heavy atom. The number of hydrogen-bond acceptors (Lipinski definition) is 3. The first kappa shape index (κ1) is 19.6. The lowest BCUT2D eigenvalue weighted by atomic mass is 10.1. The minimum atomic E-state index is -0.179. The van der Waals surface area contributed by atoms with Gasteiger partial charge in [-0.15, -0.1) is 0 Å². The molecule has 0 aromatic heterocycles. The summed E-state index contributed by atoms with van der Waals surface area (Å²) in [6, 6.07) is 16.5. The Hall–Kier alpha value is -2.73. The van der Waals surface area contributed by atoms with E-state index < -0.39 is 0 Å². The summed E-state index contributed by atoms with van der Waals surface area (Å²) in [6.07, 6.45) is 0.264. The molecular formula is C20H23N3O2S. The summed E-state index contributed by atoms with van der Waals surface area (Å²) < 4.78 is 0. The van der Waals surface area contributed by atoms with Crippen molar-refractivity contribution >= 4 is 34.8 Å². The molecule has 0 atom stereocenters. The van der Waals surface area contributed by atoms with Gasteiger partial charge < -0.3 is 15.5 Å². The zero-order chi connectivity index (χ0) is 18.9. The number of nitrogens with one attached hydrogen (secondary N) is 2. The zero-order valence-electron chi connectivity index (χ0n) is 15.0. The summed E-state index contributed by atoms with van der Waals surface area (Å²) >= 11 is 5.17. The summed E-state index contributed by atoms with van der Waals surface area (Å²) in [6.45, 7) is 5.25. The molecular weight excluding hydrogens is 346 g/mol. The number of benzene rings is 2. The second-order valence-corrected chi connectivity index (χ2v) is 6.13. The number of amides is 2. The van der Waals surface area contributed by atoms with E-state index in [1.54, 1.807) is 29.2 Å². The van der Waals surface area contributed by atoms with Gasteiger partial charge in [-0.2, -0.15) is 0 Å². The second kappa shape index (κ2) is 9.68. The third kappa shape index (κ3) is 5.67. The molecule has 0 heterocycles. The van der Waals surface area contributed by atoms with Gasteiger partial charge in [0.15, 0.2) is 5.11 Å². The Kier molecular flexibility index (Phi) is 7.29. The molecule has 0 radical (unpaired) electrons. The summed E-state index contributed by atoms with van der Waals surface area (Å²) in [5, 5.41) is 5.84. The molecule has 0 aliphatic heterocycles. The lowest BCUT2D eigenvalue weighted by Gasteiger charge is -2.18. The van der Waals surface area contributed by atoms with Crippen LogP contribution in [-0.2, 0) is 11.2 Å². The zero-order valence-corrected chi connectivity index (χ0v) is 15.8. The molecule has 2 N–H and O–H groups in total. The molecule has 0 spiro atoms. The second-order valence-electron chi connectivity index (χ2n) is 5.72. The fourth-order valence-electron chi connectivity index (χ4n) is 2.50. The number of thiocarbonyl (C=S) groups is 1. The minimum Gasteiger partial charge on any atom is -0.339 e. The molecule has 2 rings (SSSR count). The van der Waals surface area contributed by atoms with E-state index in [1.807, 2.05) is 44.2 Å². The van der Waals surface area contributed by atoms with Crippen LogP contribution in [-0.4, -0.2) is 34.9 Å². The maximum Gasteiger partial charge on any atom is 0.253 e. The summed E-state index contributed by atoms with van der Waals surface area (Å²) in [5.41, 5.74) is 2.26. The van der Waals surface area contributed by atoms with Crippen LogP contribution in [0.15, 0.2) is 54.6 Å². The Bertz CT molecular complexity index is 756. The largest absolute Gasteiger partial charge is 0.339 e. The van der Waals surface area contributed by atoms with Gasteiger partial charge in [0.1, 0.15) is 0 Å². The van der Waals surface area contributed by atoms with Gasteiger partial charge in [-0.3, -0.25) is 9.59 Å². The van der Waals surface area contributed by atoms with E-state index in [0.717, 1.165) is 5.56 Å². The van der Waals surface area contributed by atoms with Crippen LogP contribution >= 0.6 is 12.2 Å². The van der Waals surface area contributed by atoms with E-state index >= 15 is 0 Å². The predicted octanol–water partition coefficient (Wildman–Crippen LogP) is 3.22. The smallest absolute Gasteiger partial charge is 0.253 e. The monoisotopic (exact) mass is 369 g/mol. The molecule has 136 valence electrons. The van der Waals surface area contributed by atoms with Crippen molar-refractivity contribution in [3.05, 3.63) is 65.7 Å². The van der Waals surface area contributed by atoms with Crippen molar-refractivity contribution in [2.75, 3.05) is 18.4 Å². The van der Waals surface area contributed by atoms with Gasteiger partial charge in [0.05, 0.1) is 6.42 Å². The molecule has 0 aliphatic rings. The van der Waals surface area contributed by atoms with Crippen LogP contribution in [0.5, 0.6) is 0 Å². The number of carbonyl (C=O) groups is 2. The predicted molar refractivity (Wildman–Crippen MR) is 108 cm³/mol. The molecule has 2 amide bonds. The van der Waals surface area contributed by atoms with E-state index in [4.69, 9.17) is 12.2 Å². The fraction of sp³-hybridized carbons (Fsp3) is 0.250. The first-order valence-electron chi connectivity index (χ1n) is 8.57. The molecule has 0 fully saturated rings. The maximum absolute atomic E-state index is 12.3. The molecule has 26 heavy (non-hydrogen) atoms. The number of hydrogen-bond donors (Lipinski definition) is 2. The Balaban J connectivity index is 1.89. The maximum atomic E-state index is 12.3. The van der Waals surface area contributed by atoms with Crippen LogP contribution in [0.3, 0.4) is 0 Å². The summed E-state index contributed by atoms with van der Waals surface area (Å²) in [4.78, 5) is 26.1. The topological polar surface area (TPSA) is 61.4 Å². The standard InChI is InChI=1S/C20H23N3O2S/c1-3-23(4-2)19(25)16-10-12-17(13-11-16)21-20(26)22-18(24)14-15-8-6-5-7-9-15/h5-13H,3-4,14H2,1-2H3,(H2,21,22,24,26). The molecule has 0 saturated heterocycles. The lowest BCUT2D eigenvalue weighted by molar-refractivity contribution is -0.119.